The Labute approximate surface area is 149 Å². The minimum Gasteiger partial charge on any atom is -0.369 e. The van der Waals surface area contributed by atoms with Crippen LogP contribution in [0.4, 0.5) is 32.0 Å². The summed E-state index contributed by atoms with van der Waals surface area (Å²) in [5, 5.41) is 13.8. The molecule has 0 aliphatic carbocycles. The smallest absolute Gasteiger partial charge is 0.369 e. The van der Waals surface area contributed by atoms with Gasteiger partial charge in [0.05, 0.1) is 11.1 Å². The van der Waals surface area contributed by atoms with Crippen LogP contribution in [0.2, 0.25) is 0 Å². The molecule has 1 aliphatic heterocycles. The first kappa shape index (κ1) is 17.7. The lowest BCUT2D eigenvalue weighted by Gasteiger charge is -2.17. The first-order valence-corrected chi connectivity index (χ1v) is 7.86. The lowest BCUT2D eigenvalue weighted by Crippen LogP contribution is -2.12. The Kier molecular flexibility index (Phi) is 3.68. The van der Waals surface area contributed by atoms with E-state index in [1.807, 2.05) is 0 Å². The maximum absolute atomic E-state index is 13.5. The molecule has 0 amide bonds. The summed E-state index contributed by atoms with van der Waals surface area (Å²) in [6.07, 6.45) is -10.8. The third kappa shape index (κ3) is 2.80. The number of nitrogens with one attached hydrogen (secondary N) is 1. The van der Waals surface area contributed by atoms with Crippen molar-refractivity contribution < 1.29 is 31.4 Å². The molecule has 1 aliphatic rings. The first-order chi connectivity index (χ1) is 12.6. The molecule has 1 atom stereocenters. The normalized spacial score (nSPS) is 16.6. The summed E-state index contributed by atoms with van der Waals surface area (Å²) in [5.74, 6) is 0. The molecule has 4 rings (SSSR count). The second kappa shape index (κ2) is 5.63. The SMILES string of the molecule is OC1Nc2ccc(-c3ccc(C(F)(F)F)cc3C(F)(F)F)c3cccc1c23. The van der Waals surface area contributed by atoms with Gasteiger partial charge in [-0.05, 0) is 34.7 Å². The van der Waals surface area contributed by atoms with Gasteiger partial charge in [0.2, 0.25) is 0 Å². The number of hydrogen-bond donors (Lipinski definition) is 2. The molecule has 1 heterocycles. The second-order valence-electron chi connectivity index (χ2n) is 6.23. The molecule has 0 spiro atoms. The van der Waals surface area contributed by atoms with E-state index in [0.717, 1.165) is 6.07 Å². The zero-order valence-electron chi connectivity index (χ0n) is 13.4. The number of rotatable bonds is 1. The first-order valence-electron chi connectivity index (χ1n) is 7.86. The van der Waals surface area contributed by atoms with E-state index < -0.39 is 29.7 Å². The van der Waals surface area contributed by atoms with E-state index in [0.29, 0.717) is 28.1 Å². The fraction of sp³-hybridized carbons (Fsp3) is 0.158. The van der Waals surface area contributed by atoms with Crippen molar-refractivity contribution >= 4 is 16.5 Å². The Morgan fingerprint density at radius 2 is 1.52 bits per heavy atom. The lowest BCUT2D eigenvalue weighted by molar-refractivity contribution is -0.142. The molecular formula is C19H11F6NO. The van der Waals surface area contributed by atoms with Gasteiger partial charge in [0.1, 0.15) is 0 Å². The van der Waals surface area contributed by atoms with Crippen LogP contribution < -0.4 is 5.32 Å². The summed E-state index contributed by atoms with van der Waals surface area (Å²) in [4.78, 5) is 0. The summed E-state index contributed by atoms with van der Waals surface area (Å²) >= 11 is 0. The van der Waals surface area contributed by atoms with Crippen molar-refractivity contribution in [2.45, 2.75) is 18.6 Å². The predicted molar refractivity (Wildman–Crippen MR) is 88.0 cm³/mol. The number of aliphatic hydroxyl groups is 1. The predicted octanol–water partition coefficient (Wildman–Crippen LogP) is 5.96. The Morgan fingerprint density at radius 1 is 0.815 bits per heavy atom. The molecule has 0 aromatic heterocycles. The Morgan fingerprint density at radius 3 is 2.19 bits per heavy atom. The number of halogens is 6. The van der Waals surface area contributed by atoms with Crippen LogP contribution in [0.5, 0.6) is 0 Å². The molecule has 8 heteroatoms. The van der Waals surface area contributed by atoms with Gasteiger partial charge < -0.3 is 10.4 Å². The maximum atomic E-state index is 13.5. The number of aliphatic hydroxyl groups excluding tert-OH is 1. The third-order valence-electron chi connectivity index (χ3n) is 4.60. The van der Waals surface area contributed by atoms with Crippen LogP contribution in [0, 0.1) is 0 Å². The molecule has 0 radical (unpaired) electrons. The Hall–Kier alpha value is -2.74. The second-order valence-corrected chi connectivity index (χ2v) is 6.23. The highest BCUT2D eigenvalue weighted by Gasteiger charge is 2.38. The summed E-state index contributed by atoms with van der Waals surface area (Å²) in [6, 6.07) is 9.33. The van der Waals surface area contributed by atoms with Crippen LogP contribution >= 0.6 is 0 Å². The molecule has 3 aromatic carbocycles. The van der Waals surface area contributed by atoms with E-state index in [4.69, 9.17) is 0 Å². The van der Waals surface area contributed by atoms with Crippen molar-refractivity contribution in [2.24, 2.45) is 0 Å². The average molecular weight is 383 g/mol. The molecule has 0 bridgehead atoms. The molecule has 140 valence electrons. The summed E-state index contributed by atoms with van der Waals surface area (Å²) in [5.41, 5.74) is -1.86. The molecule has 0 saturated carbocycles. The van der Waals surface area contributed by atoms with E-state index >= 15 is 0 Å². The van der Waals surface area contributed by atoms with Crippen LogP contribution in [0.3, 0.4) is 0 Å². The zero-order chi connectivity index (χ0) is 19.6. The van der Waals surface area contributed by atoms with Gasteiger partial charge in [-0.15, -0.1) is 0 Å². The Bertz CT molecular complexity index is 1050. The minimum absolute atomic E-state index is 0.131. The van der Waals surface area contributed by atoms with Gasteiger partial charge >= 0.3 is 12.4 Å². The average Bonchev–Trinajstić information content (AvgIpc) is 2.91. The molecular weight excluding hydrogens is 372 g/mol. The standard InChI is InChI=1S/C19H11F6NO/c20-18(21,22)9-4-5-11(14(8-9)19(23,24)25)10-6-7-15-16-12(10)2-1-3-13(16)17(27)26-15/h1-8,17,26-27H. The van der Waals surface area contributed by atoms with Gasteiger partial charge in [0, 0.05) is 16.6 Å². The zero-order valence-corrected chi connectivity index (χ0v) is 13.4. The fourth-order valence-corrected chi connectivity index (χ4v) is 3.43. The summed E-state index contributed by atoms with van der Waals surface area (Å²) < 4.78 is 79.2. The molecule has 2 N–H and O–H groups in total. The summed E-state index contributed by atoms with van der Waals surface area (Å²) in [6.45, 7) is 0. The van der Waals surface area contributed by atoms with E-state index in [2.05, 4.69) is 5.32 Å². The molecule has 0 saturated heterocycles. The highest BCUT2D eigenvalue weighted by molar-refractivity contribution is 6.07. The van der Waals surface area contributed by atoms with E-state index in [9.17, 15) is 31.4 Å². The number of anilines is 1. The van der Waals surface area contributed by atoms with Crippen LogP contribution in [0.15, 0.2) is 48.5 Å². The topological polar surface area (TPSA) is 32.3 Å². The largest absolute Gasteiger partial charge is 0.417 e. The van der Waals surface area contributed by atoms with Gasteiger partial charge in [-0.3, -0.25) is 0 Å². The van der Waals surface area contributed by atoms with E-state index in [-0.39, 0.29) is 17.2 Å². The van der Waals surface area contributed by atoms with Crippen LogP contribution in [0.1, 0.15) is 22.9 Å². The van der Waals surface area contributed by atoms with Crippen LogP contribution in [0.25, 0.3) is 21.9 Å². The number of hydrogen-bond acceptors (Lipinski definition) is 2. The molecule has 2 nitrogen and oxygen atoms in total. The van der Waals surface area contributed by atoms with Gasteiger partial charge in [0.25, 0.3) is 0 Å². The molecule has 1 unspecified atom stereocenters. The van der Waals surface area contributed by atoms with Crippen molar-refractivity contribution in [2.75, 3.05) is 5.32 Å². The van der Waals surface area contributed by atoms with E-state index in [1.165, 1.54) is 12.1 Å². The highest BCUT2D eigenvalue weighted by Crippen LogP contribution is 2.46. The van der Waals surface area contributed by atoms with Crippen molar-refractivity contribution in [3.05, 3.63) is 65.2 Å². The van der Waals surface area contributed by atoms with Crippen molar-refractivity contribution in [1.82, 2.24) is 0 Å². The number of alkyl halides is 6. The lowest BCUT2D eigenvalue weighted by atomic mass is 9.91. The maximum Gasteiger partial charge on any atom is 0.417 e. The number of benzene rings is 3. The molecule has 0 fully saturated rings. The van der Waals surface area contributed by atoms with Crippen molar-refractivity contribution in [3.63, 3.8) is 0 Å². The highest BCUT2D eigenvalue weighted by atomic mass is 19.4. The quantitative estimate of drug-likeness (QED) is 0.508. The molecule has 27 heavy (non-hydrogen) atoms. The van der Waals surface area contributed by atoms with Crippen LogP contribution in [-0.2, 0) is 12.4 Å². The van der Waals surface area contributed by atoms with Crippen LogP contribution in [-0.4, -0.2) is 5.11 Å². The van der Waals surface area contributed by atoms with Gasteiger partial charge in [-0.1, -0.05) is 30.3 Å². The Balaban J connectivity index is 2.02. The van der Waals surface area contributed by atoms with Gasteiger partial charge in [-0.2, -0.15) is 26.3 Å². The van der Waals surface area contributed by atoms with Crippen molar-refractivity contribution in [1.29, 1.82) is 0 Å². The third-order valence-corrected chi connectivity index (χ3v) is 4.60. The monoisotopic (exact) mass is 383 g/mol. The van der Waals surface area contributed by atoms with Gasteiger partial charge in [0.15, 0.2) is 6.23 Å². The summed E-state index contributed by atoms with van der Waals surface area (Å²) in [7, 11) is 0. The van der Waals surface area contributed by atoms with E-state index in [1.54, 1.807) is 18.2 Å². The minimum atomic E-state index is -4.96. The van der Waals surface area contributed by atoms with Crippen molar-refractivity contribution in [3.8, 4) is 11.1 Å². The molecule has 3 aromatic rings. The van der Waals surface area contributed by atoms with Gasteiger partial charge in [-0.25, -0.2) is 0 Å². The fourth-order valence-electron chi connectivity index (χ4n) is 3.43.